The van der Waals surface area contributed by atoms with E-state index in [1.807, 2.05) is 30.3 Å². The molecule has 0 heterocycles. The first-order chi connectivity index (χ1) is 14.7. The number of nitrogens with one attached hydrogen (secondary N) is 3. The van der Waals surface area contributed by atoms with Gasteiger partial charge in [0.05, 0.1) is 0 Å². The minimum Gasteiger partial charge on any atom is -0.480 e. The van der Waals surface area contributed by atoms with Crippen molar-refractivity contribution in [2.45, 2.75) is 49.6 Å². The highest BCUT2D eigenvalue weighted by atomic mass is 32.2. The number of thioether (sulfide) groups is 1. The summed E-state index contributed by atoms with van der Waals surface area (Å²) in [6.07, 6.45) is 0.359. The number of hydrogen-bond donors (Lipinski definition) is 5. The lowest BCUT2D eigenvalue weighted by molar-refractivity contribution is -0.142. The zero-order chi connectivity index (χ0) is 23.2. The fourth-order valence-electron chi connectivity index (χ4n) is 2.46. The van der Waals surface area contributed by atoms with Crippen LogP contribution in [0.25, 0.3) is 0 Å². The molecular formula is C20H27N3O7S. The van der Waals surface area contributed by atoms with E-state index in [1.165, 1.54) is 11.8 Å². The molecule has 0 aromatic heterocycles. The Morgan fingerprint density at radius 2 is 1.55 bits per heavy atom. The van der Waals surface area contributed by atoms with E-state index >= 15 is 0 Å². The molecule has 0 spiro atoms. The van der Waals surface area contributed by atoms with E-state index in [1.54, 1.807) is 6.92 Å². The van der Waals surface area contributed by atoms with Crippen LogP contribution in [0.5, 0.6) is 0 Å². The van der Waals surface area contributed by atoms with Crippen molar-refractivity contribution in [3.8, 4) is 0 Å². The van der Waals surface area contributed by atoms with Gasteiger partial charge in [0.15, 0.2) is 0 Å². The number of carbonyl (C=O) groups is 5. The molecule has 31 heavy (non-hydrogen) atoms. The van der Waals surface area contributed by atoms with E-state index in [2.05, 4.69) is 16.0 Å². The quantitative estimate of drug-likeness (QED) is 0.256. The van der Waals surface area contributed by atoms with Crippen molar-refractivity contribution < 1.29 is 34.2 Å². The summed E-state index contributed by atoms with van der Waals surface area (Å²) < 4.78 is 0. The van der Waals surface area contributed by atoms with Crippen LogP contribution in [0, 0.1) is 0 Å². The van der Waals surface area contributed by atoms with Crippen molar-refractivity contribution in [1.82, 2.24) is 16.0 Å². The van der Waals surface area contributed by atoms with Crippen LogP contribution in [0.1, 0.15) is 32.6 Å². The summed E-state index contributed by atoms with van der Waals surface area (Å²) in [6, 6.07) is 6.89. The van der Waals surface area contributed by atoms with E-state index in [-0.39, 0.29) is 25.0 Å². The number of carboxylic acid groups (broad SMARTS) is 2. The molecule has 1 aromatic rings. The smallest absolute Gasteiger partial charge is 0.326 e. The maximum atomic E-state index is 12.3. The monoisotopic (exact) mass is 453 g/mol. The van der Waals surface area contributed by atoms with Crippen LogP contribution in [0.15, 0.2) is 35.2 Å². The third-order valence-electron chi connectivity index (χ3n) is 4.00. The SMILES string of the molecule is CCCC(=O)N[C@@H](CCC(=O)N[C@@H](CSc1ccccc1)C(=O)NCC(=O)O)C(=O)O. The van der Waals surface area contributed by atoms with Gasteiger partial charge in [0.25, 0.3) is 0 Å². The lowest BCUT2D eigenvalue weighted by atomic mass is 10.1. The summed E-state index contributed by atoms with van der Waals surface area (Å²) in [5, 5.41) is 25.1. The molecule has 2 atom stereocenters. The van der Waals surface area contributed by atoms with Crippen molar-refractivity contribution in [3.63, 3.8) is 0 Å². The second-order valence-corrected chi connectivity index (χ2v) is 7.70. The molecule has 5 N–H and O–H groups in total. The molecule has 1 aromatic carbocycles. The Kier molecular flexibility index (Phi) is 11.7. The van der Waals surface area contributed by atoms with Crippen molar-refractivity contribution >= 4 is 41.4 Å². The molecule has 0 aliphatic carbocycles. The molecule has 170 valence electrons. The zero-order valence-corrected chi connectivity index (χ0v) is 17.9. The van der Waals surface area contributed by atoms with E-state index in [4.69, 9.17) is 5.11 Å². The Labute approximate surface area is 184 Å². The highest BCUT2D eigenvalue weighted by molar-refractivity contribution is 7.99. The molecule has 0 saturated carbocycles. The number of amides is 3. The highest BCUT2D eigenvalue weighted by Gasteiger charge is 2.24. The van der Waals surface area contributed by atoms with Gasteiger partial charge in [0.1, 0.15) is 18.6 Å². The molecule has 0 aliphatic heterocycles. The average Bonchev–Trinajstić information content (AvgIpc) is 2.73. The molecule has 0 fully saturated rings. The first kappa shape index (κ1) is 26.0. The largest absolute Gasteiger partial charge is 0.480 e. The van der Waals surface area contributed by atoms with E-state index in [0.29, 0.717) is 6.42 Å². The van der Waals surface area contributed by atoms with Crippen LogP contribution in [0.2, 0.25) is 0 Å². The fourth-order valence-corrected chi connectivity index (χ4v) is 3.40. The second-order valence-electron chi connectivity index (χ2n) is 6.60. The Morgan fingerprint density at radius 3 is 2.13 bits per heavy atom. The van der Waals surface area contributed by atoms with Crippen LogP contribution in [-0.4, -0.2) is 64.3 Å². The van der Waals surface area contributed by atoms with Gasteiger partial charge in [-0.05, 0) is 25.0 Å². The van der Waals surface area contributed by atoms with Crippen molar-refractivity contribution in [2.24, 2.45) is 0 Å². The van der Waals surface area contributed by atoms with Gasteiger partial charge >= 0.3 is 11.9 Å². The van der Waals surface area contributed by atoms with E-state index in [0.717, 1.165) is 4.90 Å². The van der Waals surface area contributed by atoms with E-state index < -0.39 is 48.3 Å². The lowest BCUT2D eigenvalue weighted by Crippen LogP contribution is -2.49. The molecule has 11 heteroatoms. The minimum absolute atomic E-state index is 0.147. The average molecular weight is 454 g/mol. The summed E-state index contributed by atoms with van der Waals surface area (Å²) in [5.41, 5.74) is 0. The van der Waals surface area contributed by atoms with Gasteiger partial charge in [0, 0.05) is 23.5 Å². The standard InChI is InChI=1S/C20H27N3O7S/c1-2-6-16(24)22-14(20(29)30)9-10-17(25)23-15(19(28)21-11-18(26)27)12-31-13-7-4-3-5-8-13/h3-5,7-8,14-15H,2,6,9-12H2,1H3,(H,21,28)(H,22,24)(H,23,25)(H,26,27)(H,29,30)/t14-,15-/m0/s1. The highest BCUT2D eigenvalue weighted by Crippen LogP contribution is 2.18. The molecule has 0 radical (unpaired) electrons. The summed E-state index contributed by atoms with van der Waals surface area (Å²) in [6.45, 7) is 1.19. The van der Waals surface area contributed by atoms with Crippen LogP contribution >= 0.6 is 11.8 Å². The molecule has 0 aliphatic rings. The van der Waals surface area contributed by atoms with Gasteiger partial charge in [-0.25, -0.2) is 4.79 Å². The first-order valence-electron chi connectivity index (χ1n) is 9.71. The number of hydrogen-bond acceptors (Lipinski definition) is 6. The van der Waals surface area contributed by atoms with Crippen molar-refractivity contribution in [1.29, 1.82) is 0 Å². The fraction of sp³-hybridized carbons (Fsp3) is 0.450. The third-order valence-corrected chi connectivity index (χ3v) is 5.10. The lowest BCUT2D eigenvalue weighted by Gasteiger charge is -2.19. The third kappa shape index (κ3) is 11.0. The first-order valence-corrected chi connectivity index (χ1v) is 10.7. The summed E-state index contributed by atoms with van der Waals surface area (Å²) in [7, 11) is 0. The summed E-state index contributed by atoms with van der Waals surface area (Å²) >= 11 is 1.30. The van der Waals surface area contributed by atoms with Crippen molar-refractivity contribution in [3.05, 3.63) is 30.3 Å². The Balaban J connectivity index is 2.68. The van der Waals surface area contributed by atoms with E-state index in [9.17, 15) is 29.1 Å². The molecule has 0 unspecified atom stereocenters. The summed E-state index contributed by atoms with van der Waals surface area (Å²) in [4.78, 5) is 59.2. The normalized spacial score (nSPS) is 12.3. The van der Waals surface area contributed by atoms with Crippen LogP contribution in [0.4, 0.5) is 0 Å². The molecular weight excluding hydrogens is 426 g/mol. The van der Waals surface area contributed by atoms with Gasteiger partial charge in [-0.3, -0.25) is 19.2 Å². The molecule has 3 amide bonds. The zero-order valence-electron chi connectivity index (χ0n) is 17.1. The van der Waals surface area contributed by atoms with Gasteiger partial charge in [0.2, 0.25) is 17.7 Å². The Hall–Kier alpha value is -3.08. The number of carbonyl (C=O) groups excluding carboxylic acids is 3. The van der Waals surface area contributed by atoms with Crippen LogP contribution in [0.3, 0.4) is 0 Å². The Morgan fingerprint density at radius 1 is 0.935 bits per heavy atom. The minimum atomic E-state index is -1.26. The molecule has 0 saturated heterocycles. The van der Waals surface area contributed by atoms with Crippen LogP contribution < -0.4 is 16.0 Å². The number of aliphatic carboxylic acids is 2. The number of carboxylic acids is 2. The summed E-state index contributed by atoms with van der Waals surface area (Å²) in [5.74, 6) is -3.99. The molecule has 10 nitrogen and oxygen atoms in total. The molecule has 0 bridgehead atoms. The topological polar surface area (TPSA) is 162 Å². The predicted octanol–water partition coefficient (Wildman–Crippen LogP) is 0.614. The molecule has 1 rings (SSSR count). The van der Waals surface area contributed by atoms with Gasteiger partial charge in [-0.15, -0.1) is 11.8 Å². The predicted molar refractivity (Wildman–Crippen MR) is 113 cm³/mol. The maximum absolute atomic E-state index is 12.3. The maximum Gasteiger partial charge on any atom is 0.326 e. The van der Waals surface area contributed by atoms with Gasteiger partial charge < -0.3 is 26.2 Å². The Bertz CT molecular complexity index is 773. The number of benzene rings is 1. The van der Waals surface area contributed by atoms with Gasteiger partial charge in [-0.2, -0.15) is 0 Å². The van der Waals surface area contributed by atoms with Crippen molar-refractivity contribution in [2.75, 3.05) is 12.3 Å². The second kappa shape index (κ2) is 14.0. The van der Waals surface area contributed by atoms with Crippen LogP contribution in [-0.2, 0) is 24.0 Å². The number of rotatable bonds is 14. The van der Waals surface area contributed by atoms with Gasteiger partial charge in [-0.1, -0.05) is 25.1 Å².